The molecule has 0 spiro atoms. The molecule has 0 amide bonds. The van der Waals surface area contributed by atoms with Gasteiger partial charge in [-0.3, -0.25) is 0 Å². The zero-order chi connectivity index (χ0) is 12.2. The molecule has 0 aliphatic carbocycles. The van der Waals surface area contributed by atoms with Gasteiger partial charge in [-0.05, 0) is 32.3 Å². The molecular formula is C12H19NO2S. The molecule has 1 unspecified atom stereocenters. The maximum Gasteiger partial charge on any atom is 0.218 e. The molecule has 1 aliphatic heterocycles. The quantitative estimate of drug-likeness (QED) is 0.770. The molecule has 1 heterocycles. The van der Waals surface area contributed by atoms with Crippen LogP contribution in [0.4, 0.5) is 0 Å². The van der Waals surface area contributed by atoms with Gasteiger partial charge in [0.25, 0.3) is 0 Å². The maximum atomic E-state index is 11.9. The van der Waals surface area contributed by atoms with Gasteiger partial charge < -0.3 is 0 Å². The summed E-state index contributed by atoms with van der Waals surface area (Å²) in [5.74, 6) is 0. The van der Waals surface area contributed by atoms with E-state index in [0.717, 1.165) is 12.0 Å². The van der Waals surface area contributed by atoms with Crippen LogP contribution in [0.1, 0.15) is 26.7 Å². The Morgan fingerprint density at radius 2 is 2.12 bits per heavy atom. The predicted octanol–water partition coefficient (Wildman–Crippen LogP) is 2.15. The van der Waals surface area contributed by atoms with Gasteiger partial charge in [-0.2, -0.15) is 0 Å². The molecule has 0 aromatic rings. The molecule has 0 saturated carbocycles. The third-order valence-electron chi connectivity index (χ3n) is 2.73. The molecule has 90 valence electrons. The molecule has 0 aromatic carbocycles. The molecule has 1 saturated heterocycles. The molecule has 4 heteroatoms. The topological polar surface area (TPSA) is 46.2 Å². The van der Waals surface area contributed by atoms with Gasteiger partial charge in [0, 0.05) is 6.04 Å². The van der Waals surface area contributed by atoms with Crippen molar-refractivity contribution in [2.45, 2.75) is 38.0 Å². The van der Waals surface area contributed by atoms with E-state index in [1.165, 1.54) is 0 Å². The van der Waals surface area contributed by atoms with Crippen LogP contribution in [0.3, 0.4) is 0 Å². The van der Waals surface area contributed by atoms with E-state index in [4.69, 9.17) is 0 Å². The fraction of sp³-hybridized carbons (Fsp3) is 0.500. The highest BCUT2D eigenvalue weighted by Crippen LogP contribution is 2.24. The first-order chi connectivity index (χ1) is 7.51. The van der Waals surface area contributed by atoms with Crippen molar-refractivity contribution < 1.29 is 8.42 Å². The first kappa shape index (κ1) is 13.2. The van der Waals surface area contributed by atoms with Crippen molar-refractivity contribution in [1.82, 2.24) is 4.72 Å². The van der Waals surface area contributed by atoms with Crippen LogP contribution in [-0.4, -0.2) is 19.7 Å². The largest absolute Gasteiger partial charge is 0.218 e. The molecule has 16 heavy (non-hydrogen) atoms. The highest BCUT2D eigenvalue weighted by molar-refractivity contribution is 7.90. The lowest BCUT2D eigenvalue weighted by atomic mass is 10.0. The molecule has 0 bridgehead atoms. The maximum absolute atomic E-state index is 11.9. The first-order valence-corrected chi connectivity index (χ1v) is 7.02. The van der Waals surface area contributed by atoms with Gasteiger partial charge in [-0.25, -0.2) is 13.1 Å². The predicted molar refractivity (Wildman–Crippen MR) is 67.6 cm³/mol. The van der Waals surface area contributed by atoms with Crippen molar-refractivity contribution >= 4 is 10.0 Å². The second-order valence-electron chi connectivity index (χ2n) is 4.01. The van der Waals surface area contributed by atoms with E-state index in [0.29, 0.717) is 6.42 Å². The Hall–Kier alpha value is -0.870. The van der Waals surface area contributed by atoms with Crippen LogP contribution in [0, 0.1) is 0 Å². The summed E-state index contributed by atoms with van der Waals surface area (Å²) >= 11 is 0. The molecule has 1 N–H and O–H groups in total. The fourth-order valence-electron chi connectivity index (χ4n) is 1.89. The Morgan fingerprint density at radius 1 is 1.44 bits per heavy atom. The third kappa shape index (κ3) is 3.06. The molecule has 3 nitrogen and oxygen atoms in total. The van der Waals surface area contributed by atoms with Crippen molar-refractivity contribution in [3.63, 3.8) is 0 Å². The van der Waals surface area contributed by atoms with E-state index in [-0.39, 0.29) is 6.04 Å². The Kier molecular flexibility index (Phi) is 4.50. The van der Waals surface area contributed by atoms with E-state index >= 15 is 0 Å². The van der Waals surface area contributed by atoms with Crippen LogP contribution in [0.25, 0.3) is 0 Å². The lowest BCUT2D eigenvalue weighted by Crippen LogP contribution is -2.45. The van der Waals surface area contributed by atoms with Gasteiger partial charge in [-0.1, -0.05) is 30.9 Å². The van der Waals surface area contributed by atoms with E-state index in [2.05, 4.69) is 11.3 Å². The smallest absolute Gasteiger partial charge is 0.212 e. The van der Waals surface area contributed by atoms with E-state index < -0.39 is 15.3 Å². The first-order valence-electron chi connectivity index (χ1n) is 5.47. The number of hydrogen-bond donors (Lipinski definition) is 1. The van der Waals surface area contributed by atoms with Crippen LogP contribution in [-0.2, 0) is 10.0 Å². The van der Waals surface area contributed by atoms with Gasteiger partial charge in [-0.15, -0.1) is 0 Å². The van der Waals surface area contributed by atoms with Crippen LogP contribution in [0.2, 0.25) is 0 Å². The molecule has 1 fully saturated rings. The lowest BCUT2D eigenvalue weighted by molar-refractivity contribution is 0.493. The van der Waals surface area contributed by atoms with Crippen LogP contribution < -0.4 is 4.72 Å². The summed E-state index contributed by atoms with van der Waals surface area (Å²) in [6.45, 7) is 7.33. The van der Waals surface area contributed by atoms with Crippen LogP contribution in [0.15, 0.2) is 36.5 Å². The standard InChI is InChI=1S/C12H19NO2S/c1-4-6-7-11(5-2)12-9-8-10(3)13-16(12,14)15/h4-7,10,12-13H,1,8-9H2,2-3H3/b7-6-,11-5?/t10-,12?/m0/s1. The van der Waals surface area contributed by atoms with Crippen molar-refractivity contribution in [3.05, 3.63) is 36.5 Å². The van der Waals surface area contributed by atoms with Gasteiger partial charge in [0.15, 0.2) is 0 Å². The van der Waals surface area contributed by atoms with E-state index in [1.54, 1.807) is 12.2 Å². The molecule has 1 aliphatic rings. The second-order valence-corrected chi connectivity index (χ2v) is 5.91. The van der Waals surface area contributed by atoms with Crippen molar-refractivity contribution in [1.29, 1.82) is 0 Å². The van der Waals surface area contributed by atoms with E-state index in [1.807, 2.05) is 26.0 Å². The summed E-state index contributed by atoms with van der Waals surface area (Å²) in [5.41, 5.74) is 0.833. The van der Waals surface area contributed by atoms with Crippen LogP contribution >= 0.6 is 0 Å². The molecule has 0 aromatic heterocycles. The Morgan fingerprint density at radius 3 is 2.62 bits per heavy atom. The van der Waals surface area contributed by atoms with Crippen molar-refractivity contribution in [2.75, 3.05) is 0 Å². The van der Waals surface area contributed by atoms with Crippen molar-refractivity contribution in [2.24, 2.45) is 0 Å². The number of hydrogen-bond acceptors (Lipinski definition) is 2. The normalized spacial score (nSPS) is 30.5. The highest BCUT2D eigenvalue weighted by atomic mass is 32.2. The van der Waals surface area contributed by atoms with Crippen LogP contribution in [0.5, 0.6) is 0 Å². The summed E-state index contributed by atoms with van der Waals surface area (Å²) < 4.78 is 26.6. The fourth-order valence-corrected chi connectivity index (χ4v) is 3.75. The average molecular weight is 241 g/mol. The Balaban J connectivity index is 2.95. The molecular weight excluding hydrogens is 222 g/mol. The summed E-state index contributed by atoms with van der Waals surface area (Å²) in [6, 6.07) is 0.0442. The van der Waals surface area contributed by atoms with Gasteiger partial charge in [0.05, 0.1) is 0 Å². The monoisotopic (exact) mass is 241 g/mol. The van der Waals surface area contributed by atoms with E-state index in [9.17, 15) is 8.42 Å². The summed E-state index contributed by atoms with van der Waals surface area (Å²) in [4.78, 5) is 0. The third-order valence-corrected chi connectivity index (χ3v) is 4.72. The molecule has 0 radical (unpaired) electrons. The zero-order valence-electron chi connectivity index (χ0n) is 9.81. The molecule has 1 rings (SSSR count). The SMILES string of the molecule is C=C/C=C\C(=CC)C1CC[C@H](C)NS1(=O)=O. The minimum absolute atomic E-state index is 0.0442. The van der Waals surface area contributed by atoms with Crippen molar-refractivity contribution in [3.8, 4) is 0 Å². The average Bonchev–Trinajstić information content (AvgIpc) is 2.20. The number of rotatable bonds is 3. The number of nitrogens with one attached hydrogen (secondary N) is 1. The summed E-state index contributed by atoms with van der Waals surface area (Å²) in [5, 5.41) is -0.426. The van der Waals surface area contributed by atoms with Gasteiger partial charge >= 0.3 is 0 Å². The number of allylic oxidation sites excluding steroid dienone is 4. The summed E-state index contributed by atoms with van der Waals surface area (Å²) in [7, 11) is -3.22. The van der Waals surface area contributed by atoms with Gasteiger partial charge in [0.2, 0.25) is 10.0 Å². The number of sulfonamides is 1. The minimum atomic E-state index is -3.22. The summed E-state index contributed by atoms with van der Waals surface area (Å²) in [6.07, 6.45) is 8.63. The minimum Gasteiger partial charge on any atom is -0.212 e. The lowest BCUT2D eigenvalue weighted by Gasteiger charge is -2.28. The molecule has 2 atom stereocenters. The Bertz CT molecular complexity index is 407. The second kappa shape index (κ2) is 5.46. The highest BCUT2D eigenvalue weighted by Gasteiger charge is 2.33. The van der Waals surface area contributed by atoms with Gasteiger partial charge in [0.1, 0.15) is 5.25 Å². The zero-order valence-corrected chi connectivity index (χ0v) is 10.6. The Labute approximate surface area is 98.0 Å².